The van der Waals surface area contributed by atoms with Gasteiger partial charge in [0.15, 0.2) is 0 Å². The molecule has 3 nitrogen and oxygen atoms in total. The number of rotatable bonds is 8. The fraction of sp³-hybridized carbons (Fsp3) is 0.562. The van der Waals surface area contributed by atoms with Gasteiger partial charge in [0.2, 0.25) is 0 Å². The van der Waals surface area contributed by atoms with E-state index in [4.69, 9.17) is 5.11 Å². The Hall–Kier alpha value is -1.00. The highest BCUT2D eigenvalue weighted by Crippen LogP contribution is 2.18. The van der Waals surface area contributed by atoms with Crippen molar-refractivity contribution in [2.45, 2.75) is 38.8 Å². The molecule has 4 heteroatoms. The lowest BCUT2D eigenvalue weighted by Crippen LogP contribution is -2.32. The van der Waals surface area contributed by atoms with Gasteiger partial charge < -0.3 is 5.11 Å². The molecule has 0 aromatic heterocycles. The molecule has 2 unspecified atom stereocenters. The Morgan fingerprint density at radius 2 is 1.95 bits per heavy atom. The van der Waals surface area contributed by atoms with Crippen molar-refractivity contribution in [1.29, 1.82) is 0 Å². The molecule has 1 aromatic rings. The largest absolute Gasteiger partial charge is 0.481 e. The molecule has 2 atom stereocenters. The van der Waals surface area contributed by atoms with Gasteiger partial charge in [0, 0.05) is 18.3 Å². The SMILES string of the molecule is CCC(CSC)N(C)Cc1ccc(C(C)C(=O)O)cc1. The second-order valence-corrected chi connectivity index (χ2v) is 6.14. The van der Waals surface area contributed by atoms with Gasteiger partial charge >= 0.3 is 5.97 Å². The fourth-order valence-corrected chi connectivity index (χ4v) is 3.10. The van der Waals surface area contributed by atoms with Crippen molar-refractivity contribution in [2.75, 3.05) is 19.1 Å². The molecule has 0 radical (unpaired) electrons. The molecule has 1 aromatic carbocycles. The molecule has 20 heavy (non-hydrogen) atoms. The Kier molecular flexibility index (Phi) is 7.10. The molecule has 0 heterocycles. The number of hydrogen-bond donors (Lipinski definition) is 1. The first-order chi connectivity index (χ1) is 9.49. The molecule has 0 aliphatic rings. The Bertz CT molecular complexity index is 419. The summed E-state index contributed by atoms with van der Waals surface area (Å²) < 4.78 is 0. The summed E-state index contributed by atoms with van der Waals surface area (Å²) in [6, 6.07) is 8.52. The molecule has 0 saturated carbocycles. The lowest BCUT2D eigenvalue weighted by Gasteiger charge is -2.26. The average Bonchev–Trinajstić information content (AvgIpc) is 2.44. The molecule has 0 amide bonds. The Labute approximate surface area is 126 Å². The predicted octanol–water partition coefficient (Wildman–Crippen LogP) is 3.45. The van der Waals surface area contributed by atoms with Crippen molar-refractivity contribution in [3.63, 3.8) is 0 Å². The highest BCUT2D eigenvalue weighted by Gasteiger charge is 2.15. The smallest absolute Gasteiger partial charge is 0.310 e. The van der Waals surface area contributed by atoms with Gasteiger partial charge in [-0.05, 0) is 37.8 Å². The van der Waals surface area contributed by atoms with Crippen LogP contribution in [-0.2, 0) is 11.3 Å². The monoisotopic (exact) mass is 295 g/mol. The summed E-state index contributed by atoms with van der Waals surface area (Å²) in [6.45, 7) is 4.84. The normalized spacial score (nSPS) is 14.2. The van der Waals surface area contributed by atoms with Crippen molar-refractivity contribution in [2.24, 2.45) is 0 Å². The summed E-state index contributed by atoms with van der Waals surface area (Å²) in [5, 5.41) is 9.00. The van der Waals surface area contributed by atoms with Crippen LogP contribution in [0.25, 0.3) is 0 Å². The highest BCUT2D eigenvalue weighted by atomic mass is 32.2. The number of carboxylic acids is 1. The van der Waals surface area contributed by atoms with E-state index in [0.717, 1.165) is 24.3 Å². The second-order valence-electron chi connectivity index (χ2n) is 5.23. The van der Waals surface area contributed by atoms with Gasteiger partial charge in [-0.25, -0.2) is 0 Å². The first-order valence-electron chi connectivity index (χ1n) is 7.00. The Morgan fingerprint density at radius 3 is 2.40 bits per heavy atom. The molecule has 0 aliphatic carbocycles. The lowest BCUT2D eigenvalue weighted by molar-refractivity contribution is -0.138. The van der Waals surface area contributed by atoms with E-state index in [2.05, 4.69) is 25.1 Å². The molecular weight excluding hydrogens is 270 g/mol. The van der Waals surface area contributed by atoms with Crippen LogP contribution in [-0.4, -0.2) is 41.1 Å². The number of nitrogens with zero attached hydrogens (tertiary/aromatic N) is 1. The van der Waals surface area contributed by atoms with Crippen LogP contribution < -0.4 is 0 Å². The van der Waals surface area contributed by atoms with E-state index in [0.29, 0.717) is 6.04 Å². The van der Waals surface area contributed by atoms with Gasteiger partial charge in [-0.2, -0.15) is 11.8 Å². The molecule has 1 N–H and O–H groups in total. The number of carboxylic acid groups (broad SMARTS) is 1. The predicted molar refractivity (Wildman–Crippen MR) is 86.4 cm³/mol. The zero-order valence-corrected chi connectivity index (χ0v) is 13.6. The topological polar surface area (TPSA) is 40.5 Å². The zero-order valence-electron chi connectivity index (χ0n) is 12.8. The minimum Gasteiger partial charge on any atom is -0.481 e. The van der Waals surface area contributed by atoms with E-state index in [1.807, 2.05) is 36.0 Å². The Morgan fingerprint density at radius 1 is 1.35 bits per heavy atom. The molecular formula is C16H25NO2S. The Balaban J connectivity index is 2.67. The van der Waals surface area contributed by atoms with Crippen LogP contribution in [0.4, 0.5) is 0 Å². The standard InChI is InChI=1S/C16H25NO2S/c1-5-15(11-20-4)17(3)10-13-6-8-14(9-7-13)12(2)16(18)19/h6-9,12,15H,5,10-11H2,1-4H3,(H,18,19). The van der Waals surface area contributed by atoms with Crippen molar-refractivity contribution in [3.05, 3.63) is 35.4 Å². The van der Waals surface area contributed by atoms with Crippen molar-refractivity contribution >= 4 is 17.7 Å². The number of aliphatic carboxylic acids is 1. The summed E-state index contributed by atoms with van der Waals surface area (Å²) in [4.78, 5) is 13.3. The third-order valence-corrected chi connectivity index (χ3v) is 4.45. The van der Waals surface area contributed by atoms with E-state index in [1.165, 1.54) is 5.56 Å². The van der Waals surface area contributed by atoms with Crippen LogP contribution in [0.15, 0.2) is 24.3 Å². The zero-order chi connectivity index (χ0) is 15.1. The second kappa shape index (κ2) is 8.32. The van der Waals surface area contributed by atoms with E-state index < -0.39 is 11.9 Å². The molecule has 0 saturated heterocycles. The number of carbonyl (C=O) groups is 1. The quantitative estimate of drug-likeness (QED) is 0.797. The van der Waals surface area contributed by atoms with Crippen LogP contribution in [0.1, 0.15) is 37.3 Å². The van der Waals surface area contributed by atoms with Gasteiger partial charge in [-0.1, -0.05) is 31.2 Å². The minimum absolute atomic E-state index is 0.443. The van der Waals surface area contributed by atoms with E-state index in [1.54, 1.807) is 6.92 Å². The summed E-state index contributed by atoms with van der Waals surface area (Å²) in [7, 11) is 2.15. The van der Waals surface area contributed by atoms with Crippen LogP contribution >= 0.6 is 11.8 Å². The van der Waals surface area contributed by atoms with Gasteiger partial charge in [0.25, 0.3) is 0 Å². The molecule has 0 aliphatic heterocycles. The van der Waals surface area contributed by atoms with E-state index in [-0.39, 0.29) is 0 Å². The summed E-state index contributed by atoms with van der Waals surface area (Å²) in [6.07, 6.45) is 3.28. The number of benzene rings is 1. The maximum Gasteiger partial charge on any atom is 0.310 e. The molecule has 0 fully saturated rings. The minimum atomic E-state index is -0.777. The van der Waals surface area contributed by atoms with Crippen LogP contribution in [0.5, 0.6) is 0 Å². The van der Waals surface area contributed by atoms with Crippen molar-refractivity contribution in [3.8, 4) is 0 Å². The van der Waals surface area contributed by atoms with Crippen LogP contribution in [0, 0.1) is 0 Å². The van der Waals surface area contributed by atoms with Crippen molar-refractivity contribution in [1.82, 2.24) is 4.90 Å². The number of hydrogen-bond acceptors (Lipinski definition) is 3. The maximum atomic E-state index is 11.0. The van der Waals surface area contributed by atoms with Gasteiger partial charge in [0.05, 0.1) is 5.92 Å². The summed E-state index contributed by atoms with van der Waals surface area (Å²) in [5.41, 5.74) is 2.09. The third kappa shape index (κ3) is 4.84. The van der Waals surface area contributed by atoms with Crippen LogP contribution in [0.3, 0.4) is 0 Å². The molecule has 0 spiro atoms. The van der Waals surface area contributed by atoms with Crippen molar-refractivity contribution < 1.29 is 9.90 Å². The molecule has 1 rings (SSSR count). The van der Waals surface area contributed by atoms with Gasteiger partial charge in [-0.15, -0.1) is 0 Å². The van der Waals surface area contributed by atoms with Crippen LogP contribution in [0.2, 0.25) is 0 Å². The highest BCUT2D eigenvalue weighted by molar-refractivity contribution is 7.98. The maximum absolute atomic E-state index is 11.0. The summed E-state index contributed by atoms with van der Waals surface area (Å²) >= 11 is 1.88. The van der Waals surface area contributed by atoms with E-state index in [9.17, 15) is 4.79 Å². The van der Waals surface area contributed by atoms with Gasteiger partial charge in [0.1, 0.15) is 0 Å². The first kappa shape index (κ1) is 17.1. The summed E-state index contributed by atoms with van der Waals surface area (Å²) in [5.74, 6) is -0.0799. The first-order valence-corrected chi connectivity index (χ1v) is 8.39. The van der Waals surface area contributed by atoms with Gasteiger partial charge in [-0.3, -0.25) is 9.69 Å². The van der Waals surface area contributed by atoms with E-state index >= 15 is 0 Å². The average molecular weight is 295 g/mol. The molecule has 0 bridgehead atoms. The molecule has 112 valence electrons. The lowest BCUT2D eigenvalue weighted by atomic mass is 10.00. The fourth-order valence-electron chi connectivity index (χ4n) is 2.22. The number of thioether (sulfide) groups is 1. The third-order valence-electron chi connectivity index (χ3n) is 3.74.